The average Bonchev–Trinajstić information content (AvgIpc) is 2.70. The van der Waals surface area contributed by atoms with Gasteiger partial charge in [-0.15, -0.1) is 0 Å². The van der Waals surface area contributed by atoms with Crippen molar-refractivity contribution < 1.29 is 19.4 Å². The third kappa shape index (κ3) is 3.45. The molecule has 1 amide bonds. The fraction of sp³-hybridized carbons (Fsp3) is 0.846. The van der Waals surface area contributed by atoms with E-state index in [0.29, 0.717) is 6.61 Å². The van der Waals surface area contributed by atoms with Crippen molar-refractivity contribution in [3.63, 3.8) is 0 Å². The molecule has 0 aromatic rings. The van der Waals surface area contributed by atoms with E-state index in [4.69, 9.17) is 9.84 Å². The second kappa shape index (κ2) is 5.69. The highest BCUT2D eigenvalue weighted by Gasteiger charge is 2.41. The van der Waals surface area contributed by atoms with Crippen LogP contribution in [0.25, 0.3) is 0 Å². The summed E-state index contributed by atoms with van der Waals surface area (Å²) in [5, 5.41) is 11.4. The standard InChI is InChI=1S/C13H21NO4/c15-11(4-5-12(16)17)14-10-8-13(18-9-10)6-2-1-3-7-13/h10H,1-9H2,(H,14,15)(H,16,17). The van der Waals surface area contributed by atoms with E-state index < -0.39 is 5.97 Å². The van der Waals surface area contributed by atoms with Crippen LogP contribution in [0.1, 0.15) is 51.4 Å². The van der Waals surface area contributed by atoms with Gasteiger partial charge in [-0.3, -0.25) is 9.59 Å². The summed E-state index contributed by atoms with van der Waals surface area (Å²) >= 11 is 0. The predicted octanol–water partition coefficient (Wildman–Crippen LogP) is 1.46. The van der Waals surface area contributed by atoms with Gasteiger partial charge >= 0.3 is 5.97 Å². The second-order valence-electron chi connectivity index (χ2n) is 5.42. The third-order valence-corrected chi connectivity index (χ3v) is 3.90. The summed E-state index contributed by atoms with van der Waals surface area (Å²) < 4.78 is 5.89. The number of carboxylic acid groups (broad SMARTS) is 1. The zero-order chi connectivity index (χ0) is 13.0. The van der Waals surface area contributed by atoms with Gasteiger partial charge in [0.25, 0.3) is 0 Å². The van der Waals surface area contributed by atoms with Crippen LogP contribution in [0.15, 0.2) is 0 Å². The number of rotatable bonds is 4. The second-order valence-corrected chi connectivity index (χ2v) is 5.42. The summed E-state index contributed by atoms with van der Waals surface area (Å²) in [6.45, 7) is 0.568. The van der Waals surface area contributed by atoms with Gasteiger partial charge in [0.05, 0.1) is 24.7 Å². The lowest BCUT2D eigenvalue weighted by atomic mass is 9.82. The molecule has 1 atom stereocenters. The first-order chi connectivity index (χ1) is 8.60. The maximum Gasteiger partial charge on any atom is 0.303 e. The van der Waals surface area contributed by atoms with Gasteiger partial charge < -0.3 is 15.2 Å². The molecule has 1 aliphatic carbocycles. The van der Waals surface area contributed by atoms with Gasteiger partial charge in [0.2, 0.25) is 5.91 Å². The Morgan fingerprint density at radius 1 is 1.22 bits per heavy atom. The van der Waals surface area contributed by atoms with Crippen LogP contribution in [0.5, 0.6) is 0 Å². The zero-order valence-electron chi connectivity index (χ0n) is 10.6. The van der Waals surface area contributed by atoms with Crippen molar-refractivity contribution in [1.82, 2.24) is 5.32 Å². The number of ether oxygens (including phenoxy) is 1. The van der Waals surface area contributed by atoms with Crippen LogP contribution in [-0.4, -0.2) is 35.2 Å². The van der Waals surface area contributed by atoms with Crippen molar-refractivity contribution in [3.8, 4) is 0 Å². The Hall–Kier alpha value is -1.10. The van der Waals surface area contributed by atoms with E-state index in [9.17, 15) is 9.59 Å². The van der Waals surface area contributed by atoms with E-state index in [0.717, 1.165) is 19.3 Å². The predicted molar refractivity (Wildman–Crippen MR) is 65.2 cm³/mol. The first-order valence-electron chi connectivity index (χ1n) is 6.75. The Kier molecular flexibility index (Phi) is 4.22. The van der Waals surface area contributed by atoms with Crippen LogP contribution in [0.4, 0.5) is 0 Å². The Bertz CT molecular complexity index is 323. The molecule has 1 spiro atoms. The van der Waals surface area contributed by atoms with Crippen LogP contribution in [0.3, 0.4) is 0 Å². The molecule has 0 radical (unpaired) electrons. The molecule has 102 valence electrons. The lowest BCUT2D eigenvalue weighted by Gasteiger charge is -2.32. The quantitative estimate of drug-likeness (QED) is 0.797. The zero-order valence-corrected chi connectivity index (χ0v) is 10.6. The monoisotopic (exact) mass is 255 g/mol. The van der Waals surface area contributed by atoms with Crippen molar-refractivity contribution in [2.75, 3.05) is 6.61 Å². The van der Waals surface area contributed by atoms with Crippen molar-refractivity contribution >= 4 is 11.9 Å². The number of carboxylic acids is 1. The molecular formula is C13H21NO4. The van der Waals surface area contributed by atoms with Crippen LogP contribution in [0.2, 0.25) is 0 Å². The molecule has 2 rings (SSSR count). The van der Waals surface area contributed by atoms with Crippen molar-refractivity contribution in [1.29, 1.82) is 0 Å². The molecule has 1 saturated heterocycles. The summed E-state index contributed by atoms with van der Waals surface area (Å²) in [4.78, 5) is 21.9. The average molecular weight is 255 g/mol. The molecule has 0 aromatic heterocycles. The molecule has 0 bridgehead atoms. The molecule has 1 aliphatic heterocycles. The Labute approximate surface area is 107 Å². The van der Waals surface area contributed by atoms with E-state index >= 15 is 0 Å². The normalized spacial score (nSPS) is 26.1. The van der Waals surface area contributed by atoms with Crippen LogP contribution < -0.4 is 5.32 Å². The topological polar surface area (TPSA) is 75.6 Å². The molecule has 18 heavy (non-hydrogen) atoms. The van der Waals surface area contributed by atoms with Gasteiger partial charge in [-0.2, -0.15) is 0 Å². The first kappa shape index (κ1) is 13.3. The molecule has 2 fully saturated rings. The maximum atomic E-state index is 11.5. The highest BCUT2D eigenvalue weighted by molar-refractivity contribution is 5.80. The smallest absolute Gasteiger partial charge is 0.303 e. The van der Waals surface area contributed by atoms with Gasteiger partial charge in [-0.25, -0.2) is 0 Å². The van der Waals surface area contributed by atoms with E-state index in [1.807, 2.05) is 0 Å². The van der Waals surface area contributed by atoms with Crippen molar-refractivity contribution in [3.05, 3.63) is 0 Å². The number of carbonyl (C=O) groups excluding carboxylic acids is 1. The number of nitrogens with one attached hydrogen (secondary N) is 1. The van der Waals surface area contributed by atoms with Gasteiger partial charge in [0.1, 0.15) is 0 Å². The molecule has 1 unspecified atom stereocenters. The Morgan fingerprint density at radius 2 is 1.94 bits per heavy atom. The molecule has 2 aliphatic rings. The van der Waals surface area contributed by atoms with Crippen LogP contribution >= 0.6 is 0 Å². The minimum absolute atomic E-state index is 0.0109. The van der Waals surface area contributed by atoms with Gasteiger partial charge in [-0.05, 0) is 19.3 Å². The fourth-order valence-electron chi connectivity index (χ4n) is 3.00. The number of hydrogen-bond donors (Lipinski definition) is 2. The van der Waals surface area contributed by atoms with Crippen LogP contribution in [0, 0.1) is 0 Å². The molecule has 2 N–H and O–H groups in total. The first-order valence-corrected chi connectivity index (χ1v) is 6.75. The molecule has 5 nitrogen and oxygen atoms in total. The summed E-state index contributed by atoms with van der Waals surface area (Å²) in [6.07, 6.45) is 6.71. The van der Waals surface area contributed by atoms with E-state index in [-0.39, 0.29) is 30.4 Å². The lowest BCUT2D eigenvalue weighted by molar-refractivity contribution is -0.138. The molecular weight excluding hydrogens is 234 g/mol. The van der Waals surface area contributed by atoms with E-state index in [1.165, 1.54) is 19.3 Å². The Morgan fingerprint density at radius 3 is 2.61 bits per heavy atom. The maximum absolute atomic E-state index is 11.5. The number of aliphatic carboxylic acids is 1. The van der Waals surface area contributed by atoms with Crippen LogP contribution in [-0.2, 0) is 14.3 Å². The van der Waals surface area contributed by atoms with Crippen molar-refractivity contribution in [2.24, 2.45) is 0 Å². The highest BCUT2D eigenvalue weighted by atomic mass is 16.5. The Balaban J connectivity index is 1.75. The minimum Gasteiger partial charge on any atom is -0.481 e. The largest absolute Gasteiger partial charge is 0.481 e. The summed E-state index contributed by atoms with van der Waals surface area (Å²) in [6, 6.07) is 0.0596. The lowest BCUT2D eigenvalue weighted by Crippen LogP contribution is -2.37. The van der Waals surface area contributed by atoms with Gasteiger partial charge in [0, 0.05) is 6.42 Å². The number of carbonyl (C=O) groups is 2. The molecule has 1 heterocycles. The summed E-state index contributed by atoms with van der Waals surface area (Å²) in [7, 11) is 0. The SMILES string of the molecule is O=C(O)CCC(=O)NC1COC2(CCCCC2)C1. The van der Waals surface area contributed by atoms with Gasteiger partial charge in [0.15, 0.2) is 0 Å². The molecule has 1 saturated carbocycles. The highest BCUT2D eigenvalue weighted by Crippen LogP contribution is 2.39. The summed E-state index contributed by atoms with van der Waals surface area (Å²) in [5.41, 5.74) is -0.0109. The van der Waals surface area contributed by atoms with Crippen molar-refractivity contribution in [2.45, 2.75) is 63.0 Å². The number of amides is 1. The number of hydrogen-bond acceptors (Lipinski definition) is 3. The van der Waals surface area contributed by atoms with E-state index in [1.54, 1.807) is 0 Å². The molecule has 5 heteroatoms. The van der Waals surface area contributed by atoms with Gasteiger partial charge in [-0.1, -0.05) is 19.3 Å². The minimum atomic E-state index is -0.934. The molecule has 0 aromatic carbocycles. The van der Waals surface area contributed by atoms with E-state index in [2.05, 4.69) is 5.32 Å². The fourth-order valence-corrected chi connectivity index (χ4v) is 3.00. The summed E-state index contributed by atoms with van der Waals surface area (Å²) in [5.74, 6) is -1.12. The third-order valence-electron chi connectivity index (χ3n) is 3.90.